The van der Waals surface area contributed by atoms with Crippen LogP contribution in [0.1, 0.15) is 193 Å². The molecule has 6 aliphatic rings. The van der Waals surface area contributed by atoms with Crippen molar-refractivity contribution in [2.24, 2.45) is 35.5 Å². The van der Waals surface area contributed by atoms with Crippen molar-refractivity contribution in [3.63, 3.8) is 0 Å². The number of hydrogen-bond acceptors (Lipinski definition) is 0. The summed E-state index contributed by atoms with van der Waals surface area (Å²) < 4.78 is 0. The van der Waals surface area contributed by atoms with Crippen LogP contribution in [-0.2, 0) is 17.1 Å². The van der Waals surface area contributed by atoms with E-state index in [0.717, 1.165) is 35.5 Å². The maximum Gasteiger partial charge on any atom is 0.0410 e. The van der Waals surface area contributed by atoms with Crippen molar-refractivity contribution >= 4 is 35.4 Å². The molecule has 0 aliphatic heterocycles. The Labute approximate surface area is 364 Å². The van der Waals surface area contributed by atoms with E-state index < -0.39 is 6.15 Å². The van der Waals surface area contributed by atoms with Gasteiger partial charge in [-0.15, -0.1) is 23.8 Å². The predicted molar refractivity (Wildman–Crippen MR) is 256 cm³/mol. The Morgan fingerprint density at radius 2 is 0.536 bits per heavy atom. The minimum atomic E-state index is -0.557. The van der Waals surface area contributed by atoms with Crippen LogP contribution in [0.4, 0.5) is 0 Å². The third kappa shape index (κ3) is 15.5. The van der Waals surface area contributed by atoms with Gasteiger partial charge in [0.25, 0.3) is 0 Å². The van der Waals surface area contributed by atoms with Crippen molar-refractivity contribution < 1.29 is 17.1 Å². The molecule has 0 radical (unpaired) electrons. The second-order valence-electron chi connectivity index (χ2n) is 21.6. The summed E-state index contributed by atoms with van der Waals surface area (Å²) in [4.78, 5) is 0. The molecular formula is C51H89BFeP3-. The Bertz CT molecular complexity index is 973. The van der Waals surface area contributed by atoms with Gasteiger partial charge in [0.05, 0.1) is 0 Å². The van der Waals surface area contributed by atoms with E-state index in [1.165, 1.54) is 116 Å². The van der Waals surface area contributed by atoms with Gasteiger partial charge in [0, 0.05) is 23.2 Å². The molecule has 6 saturated carbocycles. The Kier molecular flexibility index (Phi) is 21.5. The molecular weight excluding hydrogens is 772 g/mol. The summed E-state index contributed by atoms with van der Waals surface area (Å²) in [7, 11) is 0.274. The van der Waals surface area contributed by atoms with Crippen LogP contribution in [0, 0.1) is 35.5 Å². The molecule has 0 nitrogen and oxygen atoms in total. The van der Waals surface area contributed by atoms with Gasteiger partial charge in [-0.05, 0) is 72.5 Å². The van der Waals surface area contributed by atoms with Crippen LogP contribution in [0.5, 0.6) is 0 Å². The van der Waals surface area contributed by atoms with Crippen molar-refractivity contribution in [1.82, 2.24) is 0 Å². The van der Waals surface area contributed by atoms with Crippen LogP contribution in [-0.4, -0.2) is 61.3 Å². The molecule has 1 aromatic rings. The first-order valence-corrected chi connectivity index (χ1v) is 31.3. The molecule has 6 fully saturated rings. The standard InChI is InChI=1S/C51H89BP3.Fe/c1-8-22-45(23-9-1)36-53(37-46-24-10-2-11-25-46)42-52(51-34-20-7-21-35-51,43-54(38-47-26-12-3-13-27-47)39-48-28-14-4-15-29-48)44-55(40-49-30-16-5-17-31-49)41-50-32-18-6-19-33-50;/h7,20-21,34-35,45-50H,1-6,8-19,22-33,36-44H2;/q-1;. The van der Waals surface area contributed by atoms with E-state index in [9.17, 15) is 0 Å². The molecule has 0 heterocycles. The van der Waals surface area contributed by atoms with Gasteiger partial charge in [0.1, 0.15) is 0 Å². The van der Waals surface area contributed by atoms with Gasteiger partial charge in [0.15, 0.2) is 0 Å². The van der Waals surface area contributed by atoms with E-state index in [4.69, 9.17) is 0 Å². The van der Waals surface area contributed by atoms with E-state index >= 15 is 0 Å². The Hall–Kier alpha value is 1.09. The van der Waals surface area contributed by atoms with Crippen LogP contribution in [0.2, 0.25) is 0 Å². The first-order chi connectivity index (χ1) is 27.2. The van der Waals surface area contributed by atoms with Crippen LogP contribution in [0.3, 0.4) is 0 Å². The fourth-order valence-electron chi connectivity index (χ4n) is 13.9. The molecule has 0 saturated heterocycles. The van der Waals surface area contributed by atoms with Crippen molar-refractivity contribution in [1.29, 1.82) is 0 Å². The van der Waals surface area contributed by atoms with Gasteiger partial charge in [0.2, 0.25) is 0 Å². The zero-order chi connectivity index (χ0) is 37.4. The largest absolute Gasteiger partial charge is 0.209 e. The van der Waals surface area contributed by atoms with Crippen molar-refractivity contribution in [3.8, 4) is 0 Å². The quantitative estimate of drug-likeness (QED) is 0.0960. The summed E-state index contributed by atoms with van der Waals surface area (Å²) in [6.45, 7) is 0. The smallest absolute Gasteiger partial charge is 0.0410 e. The summed E-state index contributed by atoms with van der Waals surface area (Å²) in [6.07, 6.45) is 55.8. The minimum absolute atomic E-state index is 0. The molecule has 0 N–H and O–H groups in total. The van der Waals surface area contributed by atoms with Gasteiger partial charge in [-0.3, -0.25) is 0 Å². The average Bonchev–Trinajstić information content (AvgIpc) is 3.23. The van der Waals surface area contributed by atoms with E-state index in [1.807, 2.05) is 5.46 Å². The Balaban J connectivity index is 0.00000532. The number of benzene rings is 1. The third-order valence-electron chi connectivity index (χ3n) is 16.8. The molecule has 320 valence electrons. The van der Waals surface area contributed by atoms with Crippen LogP contribution >= 0.6 is 23.8 Å². The molecule has 56 heavy (non-hydrogen) atoms. The zero-order valence-electron chi connectivity index (χ0n) is 36.7. The number of rotatable bonds is 19. The van der Waals surface area contributed by atoms with Crippen LogP contribution in [0.25, 0.3) is 0 Å². The first-order valence-electron chi connectivity index (χ1n) is 25.6. The molecule has 7 rings (SSSR count). The molecule has 6 aliphatic carbocycles. The monoisotopic (exact) mass is 862 g/mol. The maximum absolute atomic E-state index is 2.76. The van der Waals surface area contributed by atoms with Crippen LogP contribution < -0.4 is 5.46 Å². The zero-order valence-corrected chi connectivity index (χ0v) is 40.5. The molecule has 5 heteroatoms. The molecule has 1 aromatic carbocycles. The fourth-order valence-corrected chi connectivity index (χ4v) is 26.8. The van der Waals surface area contributed by atoms with E-state index in [-0.39, 0.29) is 40.8 Å². The van der Waals surface area contributed by atoms with E-state index in [2.05, 4.69) is 30.3 Å². The predicted octanol–water partition coefficient (Wildman–Crippen LogP) is 15.9. The fraction of sp³-hybridized carbons (Fsp3) is 0.882. The molecule has 0 unspecified atom stereocenters. The summed E-state index contributed by atoms with van der Waals surface area (Å²) in [5.41, 5.74) is 1.92. The van der Waals surface area contributed by atoms with Gasteiger partial charge >= 0.3 is 0 Å². The topological polar surface area (TPSA) is 0 Å². The van der Waals surface area contributed by atoms with Gasteiger partial charge in [-0.25, -0.2) is 5.46 Å². The van der Waals surface area contributed by atoms with Gasteiger partial charge in [-0.1, -0.05) is 223 Å². The molecule has 0 spiro atoms. The number of hydrogen-bond donors (Lipinski definition) is 0. The van der Waals surface area contributed by atoms with Crippen molar-refractivity contribution in [2.45, 2.75) is 193 Å². The third-order valence-corrected chi connectivity index (χ3v) is 26.6. The van der Waals surface area contributed by atoms with E-state index in [1.54, 1.807) is 132 Å². The summed E-state index contributed by atoms with van der Waals surface area (Å²) in [6, 6.07) is 18.0. The maximum atomic E-state index is 2.76. The minimum Gasteiger partial charge on any atom is -0.209 e. The molecule has 0 amide bonds. The van der Waals surface area contributed by atoms with E-state index in [0.29, 0.717) is 0 Å². The average molecular weight is 862 g/mol. The normalized spacial score (nSPS) is 23.9. The SMILES string of the molecule is [Fe].c1ccc([B-](CP(CC2CCCCC2)CC2CCCCC2)(CP(CC2CCCCC2)CC2CCCCC2)CP(CC2CCCCC2)CC2CCCCC2)cc1. The molecule has 0 bridgehead atoms. The second kappa shape index (κ2) is 25.9. The van der Waals surface area contributed by atoms with Gasteiger partial charge < -0.3 is 0 Å². The summed E-state index contributed by atoms with van der Waals surface area (Å²) in [5.74, 6) is 6.36. The van der Waals surface area contributed by atoms with Crippen LogP contribution in [0.15, 0.2) is 30.3 Å². The Morgan fingerprint density at radius 1 is 0.321 bits per heavy atom. The first kappa shape index (κ1) is 46.6. The van der Waals surface area contributed by atoms with Crippen molar-refractivity contribution in [3.05, 3.63) is 30.3 Å². The van der Waals surface area contributed by atoms with Crippen molar-refractivity contribution in [2.75, 3.05) is 55.2 Å². The molecule has 0 atom stereocenters. The van der Waals surface area contributed by atoms with Gasteiger partial charge in [-0.2, -0.15) is 18.2 Å². The Morgan fingerprint density at radius 3 is 0.750 bits per heavy atom. The summed E-state index contributed by atoms with van der Waals surface area (Å²) >= 11 is 0. The summed E-state index contributed by atoms with van der Waals surface area (Å²) in [5, 5.41) is 0. The molecule has 0 aromatic heterocycles. The second-order valence-corrected chi connectivity index (χ2v) is 28.9.